The summed E-state index contributed by atoms with van der Waals surface area (Å²) < 4.78 is 0. The minimum absolute atomic E-state index is 0.0130. The molecule has 1 unspecified atom stereocenters. The molecule has 108 valence electrons. The summed E-state index contributed by atoms with van der Waals surface area (Å²) in [6, 6.07) is 0.105. The Morgan fingerprint density at radius 3 is 3.05 bits per heavy atom. The Hall–Kier alpha value is -1.89. The SMILES string of the molecule is O=C(CCNC(=O)C1Cc2nc[nH]c2CN1)NC1CC1. The van der Waals surface area contributed by atoms with Gasteiger partial charge in [-0.05, 0) is 12.8 Å². The zero-order valence-electron chi connectivity index (χ0n) is 11.2. The maximum Gasteiger partial charge on any atom is 0.237 e. The number of imidazole rings is 1. The molecule has 2 heterocycles. The number of aromatic amines is 1. The van der Waals surface area contributed by atoms with Gasteiger partial charge < -0.3 is 15.6 Å². The molecule has 1 aromatic heterocycles. The van der Waals surface area contributed by atoms with E-state index in [9.17, 15) is 9.59 Å². The van der Waals surface area contributed by atoms with Crippen LogP contribution in [0.3, 0.4) is 0 Å². The molecule has 0 radical (unpaired) electrons. The summed E-state index contributed by atoms with van der Waals surface area (Å²) in [4.78, 5) is 30.7. The number of carbonyl (C=O) groups excluding carboxylic acids is 2. The van der Waals surface area contributed by atoms with Crippen LogP contribution >= 0.6 is 0 Å². The number of hydrogen-bond donors (Lipinski definition) is 4. The maximum atomic E-state index is 12.0. The molecule has 1 atom stereocenters. The fourth-order valence-corrected chi connectivity index (χ4v) is 2.30. The van der Waals surface area contributed by atoms with Gasteiger partial charge in [0.1, 0.15) is 0 Å². The third-order valence-electron chi connectivity index (χ3n) is 3.64. The standard InChI is InChI=1S/C13H19N5O2/c19-12(18-8-1-2-8)3-4-14-13(20)10-5-9-11(6-15-10)17-7-16-9/h7-8,10,15H,1-6H2,(H,14,20)(H,16,17)(H,18,19). The van der Waals surface area contributed by atoms with Gasteiger partial charge in [-0.25, -0.2) is 4.98 Å². The number of amides is 2. The van der Waals surface area contributed by atoms with Crippen LogP contribution in [0.15, 0.2) is 6.33 Å². The van der Waals surface area contributed by atoms with E-state index in [1.54, 1.807) is 6.33 Å². The summed E-state index contributed by atoms with van der Waals surface area (Å²) in [6.07, 6.45) is 4.72. The number of nitrogens with one attached hydrogen (secondary N) is 4. The highest BCUT2D eigenvalue weighted by Gasteiger charge is 2.26. The lowest BCUT2D eigenvalue weighted by molar-refractivity contribution is -0.123. The van der Waals surface area contributed by atoms with E-state index >= 15 is 0 Å². The Balaban J connectivity index is 1.40. The number of nitrogens with zero attached hydrogens (tertiary/aromatic N) is 1. The molecule has 7 heteroatoms. The first-order chi connectivity index (χ1) is 9.72. The minimum atomic E-state index is -0.266. The van der Waals surface area contributed by atoms with Gasteiger partial charge in [-0.2, -0.15) is 0 Å². The van der Waals surface area contributed by atoms with Gasteiger partial charge in [0.2, 0.25) is 11.8 Å². The van der Waals surface area contributed by atoms with Gasteiger partial charge in [0, 0.05) is 32.0 Å². The minimum Gasteiger partial charge on any atom is -0.354 e. The van der Waals surface area contributed by atoms with E-state index in [4.69, 9.17) is 0 Å². The number of H-pyrrole nitrogens is 1. The molecular weight excluding hydrogens is 258 g/mol. The van der Waals surface area contributed by atoms with Gasteiger partial charge in [0.15, 0.2) is 0 Å². The smallest absolute Gasteiger partial charge is 0.237 e. The van der Waals surface area contributed by atoms with Crippen LogP contribution in [0.4, 0.5) is 0 Å². The second-order valence-corrected chi connectivity index (χ2v) is 5.35. The summed E-state index contributed by atoms with van der Waals surface area (Å²) in [6.45, 7) is 0.999. The molecule has 1 aliphatic carbocycles. The fourth-order valence-electron chi connectivity index (χ4n) is 2.30. The highest BCUT2D eigenvalue weighted by molar-refractivity contribution is 5.83. The first kappa shape index (κ1) is 13.1. The van der Waals surface area contributed by atoms with Crippen LogP contribution in [-0.4, -0.2) is 40.4 Å². The van der Waals surface area contributed by atoms with E-state index in [0.29, 0.717) is 32.0 Å². The zero-order chi connectivity index (χ0) is 13.9. The number of carbonyl (C=O) groups is 2. The predicted octanol–water partition coefficient (Wildman–Crippen LogP) is -0.791. The van der Waals surface area contributed by atoms with Gasteiger partial charge in [0.05, 0.1) is 23.8 Å². The molecule has 3 rings (SSSR count). The van der Waals surface area contributed by atoms with Crippen molar-refractivity contribution in [3.8, 4) is 0 Å². The zero-order valence-corrected chi connectivity index (χ0v) is 11.2. The molecule has 0 bridgehead atoms. The second-order valence-electron chi connectivity index (χ2n) is 5.35. The van der Waals surface area contributed by atoms with Crippen LogP contribution in [-0.2, 0) is 22.6 Å². The van der Waals surface area contributed by atoms with Gasteiger partial charge in [-0.15, -0.1) is 0 Å². The fraction of sp³-hybridized carbons (Fsp3) is 0.615. The monoisotopic (exact) mass is 277 g/mol. The Labute approximate surface area is 116 Å². The summed E-state index contributed by atoms with van der Waals surface area (Å²) in [7, 11) is 0. The molecule has 4 N–H and O–H groups in total. The molecule has 0 saturated heterocycles. The maximum absolute atomic E-state index is 12.0. The molecule has 2 amide bonds. The molecule has 20 heavy (non-hydrogen) atoms. The van der Waals surface area contributed by atoms with Crippen molar-refractivity contribution in [2.24, 2.45) is 0 Å². The highest BCUT2D eigenvalue weighted by atomic mass is 16.2. The molecule has 7 nitrogen and oxygen atoms in total. The summed E-state index contributed by atoms with van der Waals surface area (Å²) >= 11 is 0. The predicted molar refractivity (Wildman–Crippen MR) is 71.7 cm³/mol. The Morgan fingerprint density at radius 2 is 2.25 bits per heavy atom. The van der Waals surface area contributed by atoms with Gasteiger partial charge in [0.25, 0.3) is 0 Å². The normalized spacial score (nSPS) is 21.1. The molecular formula is C13H19N5O2. The van der Waals surface area contributed by atoms with Crippen LogP contribution in [0, 0.1) is 0 Å². The van der Waals surface area contributed by atoms with Crippen molar-refractivity contribution >= 4 is 11.8 Å². The quantitative estimate of drug-likeness (QED) is 0.567. The van der Waals surface area contributed by atoms with Crippen LogP contribution in [0.5, 0.6) is 0 Å². The van der Waals surface area contributed by atoms with Crippen molar-refractivity contribution in [1.82, 2.24) is 25.9 Å². The van der Waals surface area contributed by atoms with E-state index in [1.807, 2.05) is 0 Å². The number of fused-ring (bicyclic) bond motifs is 1. The first-order valence-corrected chi connectivity index (χ1v) is 7.04. The van der Waals surface area contributed by atoms with E-state index in [2.05, 4.69) is 25.9 Å². The molecule has 1 fully saturated rings. The number of hydrogen-bond acceptors (Lipinski definition) is 4. The molecule has 1 saturated carbocycles. The summed E-state index contributed by atoms with van der Waals surface area (Å²) in [5.41, 5.74) is 1.98. The van der Waals surface area contributed by atoms with Crippen molar-refractivity contribution < 1.29 is 9.59 Å². The first-order valence-electron chi connectivity index (χ1n) is 7.04. The third kappa shape index (κ3) is 3.16. The Morgan fingerprint density at radius 1 is 1.40 bits per heavy atom. The van der Waals surface area contributed by atoms with Crippen molar-refractivity contribution in [3.05, 3.63) is 17.7 Å². The van der Waals surface area contributed by atoms with Crippen LogP contribution in [0.1, 0.15) is 30.7 Å². The Kier molecular flexibility index (Phi) is 3.68. The largest absolute Gasteiger partial charge is 0.354 e. The summed E-state index contributed by atoms with van der Waals surface area (Å²) in [5.74, 6) is -0.0585. The lowest BCUT2D eigenvalue weighted by Crippen LogP contribution is -2.48. The van der Waals surface area contributed by atoms with Crippen molar-refractivity contribution in [1.29, 1.82) is 0 Å². The highest BCUT2D eigenvalue weighted by Crippen LogP contribution is 2.18. The van der Waals surface area contributed by atoms with Gasteiger partial charge >= 0.3 is 0 Å². The molecule has 1 aromatic rings. The van der Waals surface area contributed by atoms with Crippen molar-refractivity contribution in [2.45, 2.75) is 44.3 Å². The number of rotatable bonds is 5. The topological polar surface area (TPSA) is 98.9 Å². The Bertz CT molecular complexity index is 509. The molecule has 2 aliphatic rings. The van der Waals surface area contributed by atoms with Crippen LogP contribution in [0.25, 0.3) is 0 Å². The van der Waals surface area contributed by atoms with Gasteiger partial charge in [-0.1, -0.05) is 0 Å². The molecule has 0 aromatic carbocycles. The average Bonchev–Trinajstić information content (AvgIpc) is 3.12. The van der Waals surface area contributed by atoms with Crippen molar-refractivity contribution in [2.75, 3.05) is 6.54 Å². The van der Waals surface area contributed by atoms with E-state index in [-0.39, 0.29) is 17.9 Å². The van der Waals surface area contributed by atoms with E-state index in [1.165, 1.54) is 0 Å². The average molecular weight is 277 g/mol. The van der Waals surface area contributed by atoms with Crippen molar-refractivity contribution in [3.63, 3.8) is 0 Å². The number of aromatic nitrogens is 2. The van der Waals surface area contributed by atoms with E-state index in [0.717, 1.165) is 24.2 Å². The second kappa shape index (κ2) is 5.62. The molecule has 0 spiro atoms. The third-order valence-corrected chi connectivity index (χ3v) is 3.64. The molecule has 1 aliphatic heterocycles. The lowest BCUT2D eigenvalue weighted by Gasteiger charge is -2.22. The van der Waals surface area contributed by atoms with Crippen LogP contribution < -0.4 is 16.0 Å². The van der Waals surface area contributed by atoms with Gasteiger partial charge in [-0.3, -0.25) is 14.9 Å². The van der Waals surface area contributed by atoms with Crippen LogP contribution in [0.2, 0.25) is 0 Å². The summed E-state index contributed by atoms with van der Waals surface area (Å²) in [5, 5.41) is 8.85. The van der Waals surface area contributed by atoms with E-state index < -0.39 is 0 Å². The lowest BCUT2D eigenvalue weighted by atomic mass is 10.0.